The predicted molar refractivity (Wildman–Crippen MR) is 96.7 cm³/mol. The summed E-state index contributed by atoms with van der Waals surface area (Å²) in [5, 5.41) is 15.6. The molecule has 8 atom stereocenters. The Kier molecular flexibility index (Phi) is 2.65. The van der Waals surface area contributed by atoms with Gasteiger partial charge in [0.25, 0.3) is 0 Å². The van der Waals surface area contributed by atoms with Gasteiger partial charge in [0.2, 0.25) is 0 Å². The number of carbonyl (C=O) groups excluding carboxylic acids is 1. The zero-order chi connectivity index (χ0) is 17.8. The van der Waals surface area contributed by atoms with Crippen LogP contribution in [0, 0.1) is 11.3 Å². The van der Waals surface area contributed by atoms with Crippen molar-refractivity contribution in [3.63, 3.8) is 0 Å². The maximum Gasteiger partial charge on any atom is 0.316 e. The molecule has 5 fully saturated rings. The van der Waals surface area contributed by atoms with Gasteiger partial charge >= 0.3 is 5.97 Å². The number of nitrogens with zero attached hydrogens (tertiary/aromatic N) is 1. The summed E-state index contributed by atoms with van der Waals surface area (Å²) in [6.45, 7) is 2.96. The van der Waals surface area contributed by atoms with Crippen molar-refractivity contribution in [3.8, 4) is 0 Å². The minimum Gasteiger partial charge on any atom is -0.468 e. The van der Waals surface area contributed by atoms with Gasteiger partial charge in [0, 0.05) is 35.6 Å². The first-order valence-electron chi connectivity index (χ1n) is 9.64. The number of anilines is 1. The molecule has 6 aliphatic rings. The standard InChI is InChI=1S/C21H24N2O3/c1-3-11-10-23-15-8-13(11)21(19(25)26-2)16(23)9-20(18(21)24)12-6-4-5-7-14(12)22-17(15)20/h3-7,13,15-18,22,24H,8-10H2,1-2H3/b11-3-/t13-,15+,16+,17?,18?,20-,21?/m1/s1. The van der Waals surface area contributed by atoms with Crippen LogP contribution in [0.15, 0.2) is 35.9 Å². The molecule has 5 aliphatic heterocycles. The van der Waals surface area contributed by atoms with E-state index in [1.54, 1.807) is 0 Å². The van der Waals surface area contributed by atoms with Crippen LogP contribution >= 0.6 is 0 Å². The molecule has 1 spiro atoms. The Labute approximate surface area is 153 Å². The van der Waals surface area contributed by atoms with E-state index in [-0.39, 0.29) is 24.0 Å². The highest BCUT2D eigenvalue weighted by Crippen LogP contribution is 2.71. The Morgan fingerprint density at radius 1 is 1.42 bits per heavy atom. The summed E-state index contributed by atoms with van der Waals surface area (Å²) in [6.07, 6.45) is 3.15. The first kappa shape index (κ1) is 15.2. The van der Waals surface area contributed by atoms with Gasteiger partial charge in [-0.1, -0.05) is 29.8 Å². The summed E-state index contributed by atoms with van der Waals surface area (Å²) in [7, 11) is 1.46. The van der Waals surface area contributed by atoms with E-state index in [4.69, 9.17) is 4.74 Å². The van der Waals surface area contributed by atoms with Gasteiger partial charge in [-0.25, -0.2) is 0 Å². The van der Waals surface area contributed by atoms with Crippen LogP contribution in [0.4, 0.5) is 5.69 Å². The lowest BCUT2D eigenvalue weighted by Crippen LogP contribution is -2.71. The Hall–Kier alpha value is -1.85. The third kappa shape index (κ3) is 1.28. The van der Waals surface area contributed by atoms with Crippen LogP contribution in [-0.2, 0) is 14.9 Å². The number of hydrogen-bond donors (Lipinski definition) is 2. The molecule has 5 heteroatoms. The highest BCUT2D eigenvalue weighted by atomic mass is 16.5. The topological polar surface area (TPSA) is 61.8 Å². The number of allylic oxidation sites excluding steroid dienone is 1. The lowest BCUT2D eigenvalue weighted by atomic mass is 9.58. The van der Waals surface area contributed by atoms with E-state index < -0.39 is 16.9 Å². The van der Waals surface area contributed by atoms with Crippen molar-refractivity contribution in [3.05, 3.63) is 41.5 Å². The lowest BCUT2D eigenvalue weighted by Gasteiger charge is -2.60. The van der Waals surface area contributed by atoms with Crippen molar-refractivity contribution in [2.45, 2.75) is 49.4 Å². The van der Waals surface area contributed by atoms with Crippen LogP contribution in [0.1, 0.15) is 25.3 Å². The van der Waals surface area contributed by atoms with Crippen molar-refractivity contribution in [2.75, 3.05) is 19.0 Å². The first-order chi connectivity index (χ1) is 12.6. The smallest absolute Gasteiger partial charge is 0.316 e. The third-order valence-electron chi connectivity index (χ3n) is 8.30. The van der Waals surface area contributed by atoms with Crippen molar-refractivity contribution >= 4 is 11.7 Å². The second kappa shape index (κ2) is 4.52. The van der Waals surface area contributed by atoms with Gasteiger partial charge in [-0.2, -0.15) is 0 Å². The number of aliphatic hydroxyl groups excluding tert-OH is 1. The zero-order valence-electron chi connectivity index (χ0n) is 15.1. The minimum absolute atomic E-state index is 0.0570. The second-order valence-corrected chi connectivity index (χ2v) is 8.65. The van der Waals surface area contributed by atoms with Crippen LogP contribution in [0.25, 0.3) is 0 Å². The maximum atomic E-state index is 13.2. The maximum absolute atomic E-state index is 13.2. The van der Waals surface area contributed by atoms with Gasteiger partial charge in [-0.3, -0.25) is 9.69 Å². The Balaban J connectivity index is 1.65. The Bertz CT molecular complexity index is 867. The number of piperidine rings is 4. The molecule has 1 aliphatic carbocycles. The molecule has 1 aromatic carbocycles. The summed E-state index contributed by atoms with van der Waals surface area (Å²) in [6, 6.07) is 8.89. The van der Waals surface area contributed by atoms with Crippen molar-refractivity contribution in [2.24, 2.45) is 11.3 Å². The van der Waals surface area contributed by atoms with Crippen molar-refractivity contribution in [1.82, 2.24) is 4.90 Å². The Morgan fingerprint density at radius 3 is 3.00 bits per heavy atom. The van der Waals surface area contributed by atoms with Crippen LogP contribution in [-0.4, -0.2) is 53.9 Å². The molecule has 136 valence electrons. The fraction of sp³-hybridized carbons (Fsp3) is 0.571. The minimum atomic E-state index is -0.848. The largest absolute Gasteiger partial charge is 0.468 e. The fourth-order valence-corrected chi connectivity index (χ4v) is 7.49. The predicted octanol–water partition coefficient (Wildman–Crippen LogP) is 1.68. The van der Waals surface area contributed by atoms with Gasteiger partial charge in [-0.15, -0.1) is 0 Å². The van der Waals surface area contributed by atoms with E-state index in [9.17, 15) is 9.90 Å². The average Bonchev–Trinajstić information content (AvgIpc) is 3.13. The van der Waals surface area contributed by atoms with Gasteiger partial charge in [0.15, 0.2) is 0 Å². The number of ether oxygens (including phenoxy) is 1. The molecule has 2 N–H and O–H groups in total. The molecule has 0 aromatic heterocycles. The molecule has 0 radical (unpaired) electrons. The summed E-state index contributed by atoms with van der Waals surface area (Å²) < 4.78 is 5.34. The van der Waals surface area contributed by atoms with Crippen LogP contribution in [0.3, 0.4) is 0 Å². The SMILES string of the molecule is C/C=C1/CN2[C@H]3C[C@@]45c6ccccc6NC4[C@@H]2C[C@H]1C3(C(=O)OC)C5O. The number of fused-ring (bicyclic) bond motifs is 2. The van der Waals surface area contributed by atoms with E-state index >= 15 is 0 Å². The molecule has 1 saturated carbocycles. The fourth-order valence-electron chi connectivity index (χ4n) is 7.49. The molecule has 5 heterocycles. The number of carbonyl (C=O) groups is 1. The highest BCUT2D eigenvalue weighted by molar-refractivity contribution is 5.84. The van der Waals surface area contributed by atoms with Crippen LogP contribution in [0.5, 0.6) is 0 Å². The number of esters is 1. The number of benzene rings is 1. The molecule has 4 unspecified atom stereocenters. The van der Waals surface area contributed by atoms with E-state index in [1.165, 1.54) is 18.2 Å². The highest BCUT2D eigenvalue weighted by Gasteiger charge is 2.82. The molecular formula is C21H24N2O3. The van der Waals surface area contributed by atoms with Crippen LogP contribution < -0.4 is 5.32 Å². The summed E-state index contributed by atoms with van der Waals surface area (Å²) in [5.74, 6) is -0.154. The van der Waals surface area contributed by atoms with Gasteiger partial charge in [0.1, 0.15) is 5.41 Å². The van der Waals surface area contributed by atoms with E-state index in [1.807, 2.05) is 12.1 Å². The molecule has 4 saturated heterocycles. The number of aliphatic hydroxyl groups is 1. The monoisotopic (exact) mass is 352 g/mol. The molecule has 26 heavy (non-hydrogen) atoms. The summed E-state index contributed by atoms with van der Waals surface area (Å²) >= 11 is 0. The van der Waals surface area contributed by atoms with Gasteiger partial charge in [0.05, 0.1) is 19.3 Å². The van der Waals surface area contributed by atoms with Gasteiger partial charge in [-0.05, 0) is 31.4 Å². The summed E-state index contributed by atoms with van der Waals surface area (Å²) in [5.41, 5.74) is 2.34. The number of methoxy groups -OCH3 is 1. The number of hydrogen-bond acceptors (Lipinski definition) is 5. The van der Waals surface area contributed by atoms with E-state index in [2.05, 4.69) is 35.3 Å². The molecule has 1 aromatic rings. The molecule has 5 nitrogen and oxygen atoms in total. The van der Waals surface area contributed by atoms with Crippen LogP contribution in [0.2, 0.25) is 0 Å². The first-order valence-corrected chi connectivity index (χ1v) is 9.64. The normalized spacial score (nSPS) is 50.5. The molecule has 0 amide bonds. The molecular weight excluding hydrogens is 328 g/mol. The lowest BCUT2D eigenvalue weighted by molar-refractivity contribution is -0.179. The van der Waals surface area contributed by atoms with Crippen molar-refractivity contribution < 1.29 is 14.6 Å². The van der Waals surface area contributed by atoms with E-state index in [0.29, 0.717) is 6.04 Å². The number of rotatable bonds is 1. The zero-order valence-corrected chi connectivity index (χ0v) is 15.1. The Morgan fingerprint density at radius 2 is 2.23 bits per heavy atom. The number of nitrogens with one attached hydrogen (secondary N) is 1. The van der Waals surface area contributed by atoms with Crippen molar-refractivity contribution in [1.29, 1.82) is 0 Å². The quantitative estimate of drug-likeness (QED) is 0.595. The number of para-hydroxylation sites is 1. The third-order valence-corrected chi connectivity index (χ3v) is 8.30. The average molecular weight is 352 g/mol. The molecule has 7 rings (SSSR count). The summed E-state index contributed by atoms with van der Waals surface area (Å²) in [4.78, 5) is 15.7. The van der Waals surface area contributed by atoms with E-state index in [0.717, 1.165) is 25.1 Å². The second-order valence-electron chi connectivity index (χ2n) is 8.65. The van der Waals surface area contributed by atoms with Gasteiger partial charge < -0.3 is 15.2 Å². The molecule has 5 bridgehead atoms.